The molecule has 1 atom stereocenters. The van der Waals surface area contributed by atoms with Gasteiger partial charge >= 0.3 is 0 Å². The zero-order valence-corrected chi connectivity index (χ0v) is 15.2. The number of hydrogen-bond acceptors (Lipinski definition) is 6. The third-order valence-electron chi connectivity index (χ3n) is 4.85. The number of benzene rings is 1. The summed E-state index contributed by atoms with van der Waals surface area (Å²) in [5.74, 6) is 0.107. The van der Waals surface area contributed by atoms with Crippen molar-refractivity contribution in [1.29, 1.82) is 0 Å². The van der Waals surface area contributed by atoms with Crippen LogP contribution in [0.4, 0.5) is 0 Å². The molecule has 1 aromatic carbocycles. The molecule has 2 aromatic heterocycles. The maximum absolute atomic E-state index is 13.2. The highest BCUT2D eigenvalue weighted by Crippen LogP contribution is 2.18. The molecule has 2 amide bonds. The summed E-state index contributed by atoms with van der Waals surface area (Å²) < 4.78 is 6.67. The van der Waals surface area contributed by atoms with E-state index in [4.69, 9.17) is 4.42 Å². The summed E-state index contributed by atoms with van der Waals surface area (Å²) in [6, 6.07) is 12.6. The zero-order chi connectivity index (χ0) is 19.3. The van der Waals surface area contributed by atoms with Gasteiger partial charge in [0.25, 0.3) is 5.91 Å². The number of nitrogens with zero attached hydrogens (tertiary/aromatic N) is 6. The first-order chi connectivity index (χ1) is 13.7. The number of furan rings is 1. The Morgan fingerprint density at radius 2 is 1.75 bits per heavy atom. The molecule has 1 fully saturated rings. The van der Waals surface area contributed by atoms with Crippen LogP contribution in [0.15, 0.2) is 59.5 Å². The lowest BCUT2D eigenvalue weighted by molar-refractivity contribution is -0.136. The van der Waals surface area contributed by atoms with Gasteiger partial charge in [0.15, 0.2) is 5.76 Å². The molecule has 144 valence electrons. The number of amides is 2. The monoisotopic (exact) mass is 380 g/mol. The fraction of sp³-hybridized carbons (Fsp3) is 0.316. The van der Waals surface area contributed by atoms with Gasteiger partial charge in [0.2, 0.25) is 5.91 Å². The minimum atomic E-state index is -0.523. The summed E-state index contributed by atoms with van der Waals surface area (Å²) >= 11 is 0. The van der Waals surface area contributed by atoms with Gasteiger partial charge in [0.05, 0.1) is 6.26 Å². The Morgan fingerprint density at radius 3 is 2.39 bits per heavy atom. The third kappa shape index (κ3) is 3.78. The highest BCUT2D eigenvalue weighted by Gasteiger charge is 2.31. The van der Waals surface area contributed by atoms with Crippen LogP contribution in [-0.2, 0) is 11.2 Å². The van der Waals surface area contributed by atoms with E-state index in [-0.39, 0.29) is 11.8 Å². The van der Waals surface area contributed by atoms with Crippen molar-refractivity contribution in [1.82, 2.24) is 30.0 Å². The number of carbonyl (C=O) groups excluding carboxylic acids is 2. The van der Waals surface area contributed by atoms with Crippen molar-refractivity contribution in [3.05, 3.63) is 66.4 Å². The maximum Gasteiger partial charge on any atom is 0.289 e. The molecule has 28 heavy (non-hydrogen) atoms. The van der Waals surface area contributed by atoms with Crippen molar-refractivity contribution >= 4 is 11.8 Å². The van der Waals surface area contributed by atoms with Crippen LogP contribution in [0.2, 0.25) is 0 Å². The van der Waals surface area contributed by atoms with E-state index in [0.717, 1.165) is 5.56 Å². The molecular formula is C19H20N6O3. The van der Waals surface area contributed by atoms with Gasteiger partial charge in [-0.3, -0.25) is 9.59 Å². The van der Waals surface area contributed by atoms with Gasteiger partial charge in [-0.1, -0.05) is 30.3 Å². The third-order valence-corrected chi connectivity index (χ3v) is 4.85. The van der Waals surface area contributed by atoms with E-state index in [1.54, 1.807) is 21.9 Å². The van der Waals surface area contributed by atoms with Gasteiger partial charge in [0, 0.05) is 32.6 Å². The highest BCUT2D eigenvalue weighted by molar-refractivity contribution is 5.91. The Bertz CT molecular complexity index is 903. The largest absolute Gasteiger partial charge is 0.459 e. The average molecular weight is 380 g/mol. The Labute approximate surface area is 161 Å². The molecule has 9 heteroatoms. The molecule has 0 spiro atoms. The average Bonchev–Trinajstić information content (AvgIpc) is 3.46. The number of piperazine rings is 1. The molecule has 0 saturated carbocycles. The van der Waals surface area contributed by atoms with E-state index < -0.39 is 6.04 Å². The van der Waals surface area contributed by atoms with Crippen LogP contribution < -0.4 is 0 Å². The quantitative estimate of drug-likeness (QED) is 0.656. The van der Waals surface area contributed by atoms with Crippen LogP contribution in [0, 0.1) is 0 Å². The van der Waals surface area contributed by atoms with Crippen molar-refractivity contribution < 1.29 is 14.0 Å². The molecule has 3 heterocycles. The molecule has 0 radical (unpaired) electrons. The molecule has 1 aliphatic heterocycles. The fourth-order valence-electron chi connectivity index (χ4n) is 3.34. The lowest BCUT2D eigenvalue weighted by atomic mass is 10.0. The van der Waals surface area contributed by atoms with Crippen molar-refractivity contribution in [2.24, 2.45) is 0 Å². The summed E-state index contributed by atoms with van der Waals surface area (Å²) in [4.78, 5) is 29.1. The second-order valence-corrected chi connectivity index (χ2v) is 6.59. The SMILES string of the molecule is O=C(c1ccco1)N1CCN(C(=O)C(Cc2ccccc2)n2cnnn2)CC1. The smallest absolute Gasteiger partial charge is 0.289 e. The second kappa shape index (κ2) is 8.03. The van der Waals surface area contributed by atoms with E-state index in [2.05, 4.69) is 15.5 Å². The maximum atomic E-state index is 13.2. The van der Waals surface area contributed by atoms with Gasteiger partial charge in [-0.25, -0.2) is 4.68 Å². The first-order valence-electron chi connectivity index (χ1n) is 9.10. The normalized spacial score (nSPS) is 15.4. The van der Waals surface area contributed by atoms with Crippen molar-refractivity contribution in [3.63, 3.8) is 0 Å². The topological polar surface area (TPSA) is 97.4 Å². The van der Waals surface area contributed by atoms with Crippen LogP contribution in [0.5, 0.6) is 0 Å². The van der Waals surface area contributed by atoms with Gasteiger partial charge < -0.3 is 14.2 Å². The van der Waals surface area contributed by atoms with Crippen LogP contribution in [0.3, 0.4) is 0 Å². The summed E-state index contributed by atoms with van der Waals surface area (Å²) in [6.07, 6.45) is 3.44. The predicted molar refractivity (Wildman–Crippen MR) is 98.2 cm³/mol. The molecule has 1 aliphatic rings. The number of tetrazole rings is 1. The summed E-state index contributed by atoms with van der Waals surface area (Å²) in [5, 5.41) is 11.3. The van der Waals surface area contributed by atoms with E-state index in [9.17, 15) is 9.59 Å². The van der Waals surface area contributed by atoms with Gasteiger partial charge in [-0.2, -0.15) is 0 Å². The van der Waals surface area contributed by atoms with Crippen LogP contribution in [0.1, 0.15) is 22.2 Å². The molecule has 4 rings (SSSR count). The van der Waals surface area contributed by atoms with Crippen molar-refractivity contribution in [2.45, 2.75) is 12.5 Å². The van der Waals surface area contributed by atoms with E-state index >= 15 is 0 Å². The Kier molecular flexibility index (Phi) is 5.14. The first kappa shape index (κ1) is 17.9. The van der Waals surface area contributed by atoms with E-state index in [0.29, 0.717) is 38.4 Å². The molecule has 9 nitrogen and oxygen atoms in total. The molecule has 0 bridgehead atoms. The second-order valence-electron chi connectivity index (χ2n) is 6.59. The first-order valence-corrected chi connectivity index (χ1v) is 9.10. The number of hydrogen-bond donors (Lipinski definition) is 0. The van der Waals surface area contributed by atoms with Gasteiger partial charge in [-0.15, -0.1) is 5.10 Å². The van der Waals surface area contributed by atoms with Crippen LogP contribution in [-0.4, -0.2) is 68.0 Å². The molecule has 1 unspecified atom stereocenters. The standard InChI is InChI=1S/C19H20N6O3/c26-18(16(25-14-20-21-22-25)13-15-5-2-1-3-6-15)23-8-10-24(11-9-23)19(27)17-7-4-12-28-17/h1-7,12,14,16H,8-11,13H2. The molecule has 0 N–H and O–H groups in total. The lowest BCUT2D eigenvalue weighted by Crippen LogP contribution is -2.52. The highest BCUT2D eigenvalue weighted by atomic mass is 16.3. The molecular weight excluding hydrogens is 360 g/mol. The molecule has 0 aliphatic carbocycles. The molecule has 3 aromatic rings. The van der Waals surface area contributed by atoms with E-state index in [1.165, 1.54) is 17.3 Å². The zero-order valence-electron chi connectivity index (χ0n) is 15.2. The predicted octanol–water partition coefficient (Wildman–Crippen LogP) is 1.03. The van der Waals surface area contributed by atoms with Gasteiger partial charge in [-0.05, 0) is 28.1 Å². The number of carbonyl (C=O) groups is 2. The number of rotatable bonds is 5. The Hall–Kier alpha value is -3.49. The minimum Gasteiger partial charge on any atom is -0.459 e. The van der Waals surface area contributed by atoms with Crippen LogP contribution >= 0.6 is 0 Å². The molecule has 1 saturated heterocycles. The van der Waals surface area contributed by atoms with Gasteiger partial charge in [0.1, 0.15) is 12.4 Å². The summed E-state index contributed by atoms with van der Waals surface area (Å²) in [6.45, 7) is 1.83. The van der Waals surface area contributed by atoms with Crippen molar-refractivity contribution in [2.75, 3.05) is 26.2 Å². The Morgan fingerprint density at radius 1 is 1.00 bits per heavy atom. The van der Waals surface area contributed by atoms with Crippen LogP contribution in [0.25, 0.3) is 0 Å². The lowest BCUT2D eigenvalue weighted by Gasteiger charge is -2.36. The summed E-state index contributed by atoms with van der Waals surface area (Å²) in [7, 11) is 0. The van der Waals surface area contributed by atoms with E-state index in [1.807, 2.05) is 30.3 Å². The van der Waals surface area contributed by atoms with Crippen molar-refractivity contribution in [3.8, 4) is 0 Å². The fourth-order valence-corrected chi connectivity index (χ4v) is 3.34. The minimum absolute atomic E-state index is 0.0544. The summed E-state index contributed by atoms with van der Waals surface area (Å²) in [5.41, 5.74) is 1.03. The number of aromatic nitrogens is 4. The Balaban J connectivity index is 1.44.